The summed E-state index contributed by atoms with van der Waals surface area (Å²) in [5.74, 6) is 0.661. The van der Waals surface area contributed by atoms with Crippen molar-refractivity contribution in [3.63, 3.8) is 0 Å². The normalized spacial score (nSPS) is 11.9. The molecular weight excluding hydrogens is 244 g/mol. The largest absolute Gasteiger partial charge is 0.396 e. The van der Waals surface area contributed by atoms with Crippen LogP contribution in [0, 0.1) is 0 Å². The van der Waals surface area contributed by atoms with Gasteiger partial charge in [-0.3, -0.25) is 4.68 Å². The van der Waals surface area contributed by atoms with Crippen molar-refractivity contribution in [2.45, 2.75) is 19.3 Å². The van der Waals surface area contributed by atoms with Gasteiger partial charge in [-0.15, -0.1) is 0 Å². The molecule has 0 aromatic carbocycles. The second kappa shape index (κ2) is 6.67. The third-order valence-corrected chi connectivity index (χ3v) is 3.61. The van der Waals surface area contributed by atoms with E-state index in [1.807, 2.05) is 0 Å². The summed E-state index contributed by atoms with van der Waals surface area (Å²) < 4.78 is 27.0. The Hall–Kier alpha value is -0.990. The lowest BCUT2D eigenvalue weighted by Crippen LogP contribution is -2.28. The fourth-order valence-electron chi connectivity index (χ4n) is 1.29. The fraction of sp³-hybridized carbons (Fsp3) is 0.778. The lowest BCUT2D eigenvalue weighted by Gasteiger charge is -2.04. The smallest absolute Gasteiger partial charge is 0.211 e. The van der Waals surface area contributed by atoms with Crippen LogP contribution in [0.15, 0.2) is 6.33 Å². The molecule has 0 radical (unpaired) electrons. The Kier molecular flexibility index (Phi) is 5.52. The van der Waals surface area contributed by atoms with Crippen LogP contribution in [0.5, 0.6) is 0 Å². The molecule has 7 nitrogen and oxygen atoms in total. The van der Waals surface area contributed by atoms with Crippen LogP contribution in [0.25, 0.3) is 0 Å². The van der Waals surface area contributed by atoms with Gasteiger partial charge in [0.1, 0.15) is 6.33 Å². The Labute approximate surface area is 101 Å². The quantitative estimate of drug-likeness (QED) is 0.589. The number of hydrogen-bond donors (Lipinski definition) is 2. The van der Waals surface area contributed by atoms with Gasteiger partial charge in [0.2, 0.25) is 10.0 Å². The van der Waals surface area contributed by atoms with Gasteiger partial charge in [-0.25, -0.2) is 18.1 Å². The molecule has 0 bridgehead atoms. The van der Waals surface area contributed by atoms with E-state index >= 15 is 0 Å². The van der Waals surface area contributed by atoms with E-state index < -0.39 is 10.0 Å². The molecular formula is C9H18N4O3S. The maximum Gasteiger partial charge on any atom is 0.211 e. The Morgan fingerprint density at radius 3 is 2.82 bits per heavy atom. The number of aryl methyl sites for hydroxylation is 1. The van der Waals surface area contributed by atoms with Gasteiger partial charge in [0.05, 0.1) is 5.75 Å². The van der Waals surface area contributed by atoms with Gasteiger partial charge in [0, 0.05) is 26.6 Å². The van der Waals surface area contributed by atoms with E-state index in [9.17, 15) is 8.42 Å². The maximum atomic E-state index is 11.5. The van der Waals surface area contributed by atoms with Crippen molar-refractivity contribution in [2.24, 2.45) is 7.05 Å². The summed E-state index contributed by atoms with van der Waals surface area (Å²) in [6.07, 6.45) is 3.02. The number of aliphatic hydroxyl groups excluding tert-OH is 1. The molecule has 1 rings (SSSR count). The third-order valence-electron chi connectivity index (χ3n) is 2.14. The minimum Gasteiger partial charge on any atom is -0.396 e. The zero-order chi connectivity index (χ0) is 12.7. The highest BCUT2D eigenvalue weighted by Gasteiger charge is 2.09. The molecule has 17 heavy (non-hydrogen) atoms. The summed E-state index contributed by atoms with van der Waals surface area (Å²) in [4.78, 5) is 3.99. The van der Waals surface area contributed by atoms with E-state index in [1.165, 1.54) is 0 Å². The number of sulfonamides is 1. The van der Waals surface area contributed by atoms with E-state index in [1.54, 1.807) is 18.1 Å². The molecule has 0 atom stereocenters. The molecule has 0 unspecified atom stereocenters. The minimum absolute atomic E-state index is 0.0212. The molecule has 0 saturated heterocycles. The minimum atomic E-state index is -3.24. The second-order valence-electron chi connectivity index (χ2n) is 3.73. The van der Waals surface area contributed by atoms with Crippen LogP contribution >= 0.6 is 0 Å². The first-order valence-corrected chi connectivity index (χ1v) is 7.11. The Morgan fingerprint density at radius 1 is 1.47 bits per heavy atom. The fourth-order valence-corrected chi connectivity index (χ4v) is 2.43. The SMILES string of the molecule is Cn1cnc(CCNS(=O)(=O)CCCCO)n1. The Bertz CT molecular complexity index is 429. The monoisotopic (exact) mass is 262 g/mol. The second-order valence-corrected chi connectivity index (χ2v) is 5.65. The highest BCUT2D eigenvalue weighted by Crippen LogP contribution is 1.95. The first kappa shape index (κ1) is 14.1. The standard InChI is InChI=1S/C9H18N4O3S/c1-13-8-10-9(12-13)4-5-11-17(15,16)7-3-2-6-14/h8,11,14H,2-7H2,1H3. The van der Waals surface area contributed by atoms with Crippen molar-refractivity contribution in [3.8, 4) is 0 Å². The summed E-state index contributed by atoms with van der Waals surface area (Å²) in [5, 5.41) is 12.6. The average molecular weight is 262 g/mol. The first-order chi connectivity index (χ1) is 8.03. The molecule has 0 aliphatic carbocycles. The van der Waals surface area contributed by atoms with E-state index in [-0.39, 0.29) is 12.4 Å². The van der Waals surface area contributed by atoms with Gasteiger partial charge < -0.3 is 5.11 Å². The van der Waals surface area contributed by atoms with Crippen LogP contribution in [0.3, 0.4) is 0 Å². The molecule has 2 N–H and O–H groups in total. The predicted molar refractivity (Wildman–Crippen MR) is 62.8 cm³/mol. The zero-order valence-electron chi connectivity index (χ0n) is 9.83. The third kappa shape index (κ3) is 5.76. The van der Waals surface area contributed by atoms with Gasteiger partial charge in [-0.05, 0) is 12.8 Å². The predicted octanol–water partition coefficient (Wildman–Crippen LogP) is -0.950. The van der Waals surface area contributed by atoms with E-state index in [0.717, 1.165) is 0 Å². The molecule has 1 heterocycles. The molecule has 0 aliphatic rings. The first-order valence-electron chi connectivity index (χ1n) is 5.46. The maximum absolute atomic E-state index is 11.5. The van der Waals surface area contributed by atoms with Crippen molar-refractivity contribution < 1.29 is 13.5 Å². The van der Waals surface area contributed by atoms with Gasteiger partial charge >= 0.3 is 0 Å². The summed E-state index contributed by atoms with van der Waals surface area (Å²) in [7, 11) is -1.48. The number of unbranched alkanes of at least 4 members (excludes halogenated alkanes) is 1. The highest BCUT2D eigenvalue weighted by atomic mass is 32.2. The van der Waals surface area contributed by atoms with Gasteiger partial charge in [-0.2, -0.15) is 5.10 Å². The van der Waals surface area contributed by atoms with Crippen LogP contribution in [0.4, 0.5) is 0 Å². The lowest BCUT2D eigenvalue weighted by atomic mass is 10.4. The van der Waals surface area contributed by atoms with Crippen LogP contribution in [-0.4, -0.2) is 47.2 Å². The molecule has 0 saturated carbocycles. The van der Waals surface area contributed by atoms with Crippen LogP contribution in [-0.2, 0) is 23.5 Å². The van der Waals surface area contributed by atoms with Crippen LogP contribution in [0.1, 0.15) is 18.7 Å². The summed E-state index contributed by atoms with van der Waals surface area (Å²) in [6.45, 7) is 0.318. The number of hydrogen-bond acceptors (Lipinski definition) is 5. The lowest BCUT2D eigenvalue weighted by molar-refractivity contribution is 0.287. The Morgan fingerprint density at radius 2 is 2.24 bits per heavy atom. The van der Waals surface area contributed by atoms with Crippen LogP contribution in [0.2, 0.25) is 0 Å². The molecule has 0 amide bonds. The summed E-state index contributed by atoms with van der Waals surface area (Å²) in [6, 6.07) is 0. The van der Waals surface area contributed by atoms with Gasteiger partial charge in [0.25, 0.3) is 0 Å². The van der Waals surface area contributed by atoms with Crippen molar-refractivity contribution in [3.05, 3.63) is 12.2 Å². The topological polar surface area (TPSA) is 97.1 Å². The van der Waals surface area contributed by atoms with E-state index in [0.29, 0.717) is 31.6 Å². The number of aromatic nitrogens is 3. The molecule has 0 fully saturated rings. The van der Waals surface area contributed by atoms with Crippen molar-refractivity contribution in [2.75, 3.05) is 18.9 Å². The van der Waals surface area contributed by atoms with Crippen molar-refractivity contribution >= 4 is 10.0 Å². The average Bonchev–Trinajstić information content (AvgIpc) is 2.64. The van der Waals surface area contributed by atoms with E-state index in [2.05, 4.69) is 14.8 Å². The number of aliphatic hydroxyl groups is 1. The Balaban J connectivity index is 2.25. The van der Waals surface area contributed by atoms with Gasteiger partial charge in [0.15, 0.2) is 5.82 Å². The summed E-state index contributed by atoms with van der Waals surface area (Å²) in [5.41, 5.74) is 0. The van der Waals surface area contributed by atoms with Crippen molar-refractivity contribution in [1.82, 2.24) is 19.5 Å². The number of nitrogens with zero attached hydrogens (tertiary/aromatic N) is 3. The van der Waals surface area contributed by atoms with E-state index in [4.69, 9.17) is 5.11 Å². The number of rotatable bonds is 8. The molecule has 0 aliphatic heterocycles. The number of nitrogens with one attached hydrogen (secondary N) is 1. The molecule has 0 spiro atoms. The van der Waals surface area contributed by atoms with Crippen molar-refractivity contribution in [1.29, 1.82) is 0 Å². The molecule has 1 aromatic heterocycles. The zero-order valence-corrected chi connectivity index (χ0v) is 10.7. The molecule has 8 heteroatoms. The molecule has 1 aromatic rings. The molecule has 98 valence electrons. The highest BCUT2D eigenvalue weighted by molar-refractivity contribution is 7.89. The van der Waals surface area contributed by atoms with Gasteiger partial charge in [-0.1, -0.05) is 0 Å². The summed E-state index contributed by atoms with van der Waals surface area (Å²) >= 11 is 0. The van der Waals surface area contributed by atoms with Crippen LogP contribution < -0.4 is 4.72 Å².